The number of fused-ring (bicyclic) bond motifs is 1. The second-order valence-corrected chi connectivity index (χ2v) is 6.52. The molecule has 2 atom stereocenters. The largest absolute Gasteiger partial charge is 0.279 e. The van der Waals surface area contributed by atoms with Gasteiger partial charge < -0.3 is 0 Å². The zero-order valence-electron chi connectivity index (χ0n) is 13.5. The molecule has 1 aliphatic rings. The van der Waals surface area contributed by atoms with Crippen LogP contribution >= 0.6 is 0 Å². The smallest absolute Gasteiger partial charge is 0.206 e. The molecule has 0 heterocycles. The van der Waals surface area contributed by atoms with Crippen LogP contribution in [0.25, 0.3) is 0 Å². The van der Waals surface area contributed by atoms with E-state index in [1.165, 1.54) is 6.07 Å². The van der Waals surface area contributed by atoms with Gasteiger partial charge in [0.05, 0.1) is 5.56 Å². The first-order chi connectivity index (χ1) is 10.4. The molecule has 0 bridgehead atoms. The van der Waals surface area contributed by atoms with Crippen molar-refractivity contribution >= 4 is 0 Å². The zero-order chi connectivity index (χ0) is 16.3. The van der Waals surface area contributed by atoms with Crippen molar-refractivity contribution in [2.45, 2.75) is 58.3 Å². The summed E-state index contributed by atoms with van der Waals surface area (Å²) in [6.45, 7) is 7.67. The van der Waals surface area contributed by atoms with Crippen LogP contribution in [0.4, 0.5) is 13.2 Å². The molecule has 0 spiro atoms. The van der Waals surface area contributed by atoms with Crippen molar-refractivity contribution in [2.75, 3.05) is 0 Å². The minimum Gasteiger partial charge on any atom is -0.206 e. The first-order valence-corrected chi connectivity index (χ1v) is 8.20. The first kappa shape index (κ1) is 17.1. The third-order valence-corrected chi connectivity index (χ3v) is 4.75. The highest BCUT2D eigenvalue weighted by molar-refractivity contribution is 5.40. The highest BCUT2D eigenvalue weighted by atomic mass is 19.3. The third-order valence-electron chi connectivity index (χ3n) is 4.75. The molecule has 122 valence electrons. The summed E-state index contributed by atoms with van der Waals surface area (Å²) < 4.78 is 42.9. The van der Waals surface area contributed by atoms with E-state index in [2.05, 4.69) is 13.5 Å². The van der Waals surface area contributed by atoms with Crippen LogP contribution in [0.5, 0.6) is 0 Å². The van der Waals surface area contributed by atoms with Gasteiger partial charge in [-0.3, -0.25) is 0 Å². The van der Waals surface area contributed by atoms with Crippen molar-refractivity contribution in [1.29, 1.82) is 0 Å². The van der Waals surface area contributed by atoms with Gasteiger partial charge >= 0.3 is 0 Å². The zero-order valence-corrected chi connectivity index (χ0v) is 13.5. The molecule has 2 unspecified atom stereocenters. The van der Waals surface area contributed by atoms with Gasteiger partial charge in [-0.1, -0.05) is 31.9 Å². The Morgan fingerprint density at radius 3 is 2.73 bits per heavy atom. The Kier molecular flexibility index (Phi) is 5.36. The lowest BCUT2D eigenvalue weighted by molar-refractivity contribution is -0.0584. The second-order valence-electron chi connectivity index (χ2n) is 6.52. The lowest BCUT2D eigenvalue weighted by atomic mass is 9.91. The van der Waals surface area contributed by atoms with Gasteiger partial charge in [0, 0.05) is 5.92 Å². The summed E-state index contributed by atoms with van der Waals surface area (Å²) in [5.41, 5.74) is 0.834. The third kappa shape index (κ3) is 3.39. The van der Waals surface area contributed by atoms with E-state index in [1.807, 2.05) is 6.08 Å². The number of benzene rings is 1. The van der Waals surface area contributed by atoms with Crippen LogP contribution in [0.2, 0.25) is 0 Å². The van der Waals surface area contributed by atoms with E-state index < -0.39 is 17.7 Å². The standard InChI is InChI=1S/C19H25F3/c1-4-7-14(5-2)8-6-9-16-12-15-10-13(3)11-17(20)18(15)19(16,21)22/h5,10-11,14,16H,2,4,6-9,12H2,1,3H3. The molecule has 1 aromatic carbocycles. The van der Waals surface area contributed by atoms with Crippen molar-refractivity contribution in [3.8, 4) is 0 Å². The van der Waals surface area contributed by atoms with Crippen molar-refractivity contribution in [2.24, 2.45) is 11.8 Å². The number of allylic oxidation sites excluding steroid dienone is 1. The van der Waals surface area contributed by atoms with Gasteiger partial charge in [-0.05, 0) is 55.7 Å². The van der Waals surface area contributed by atoms with Gasteiger partial charge in [-0.25, -0.2) is 13.2 Å². The number of halogens is 3. The van der Waals surface area contributed by atoms with Gasteiger partial charge in [0.1, 0.15) is 5.82 Å². The van der Waals surface area contributed by atoms with Crippen LogP contribution in [-0.2, 0) is 12.3 Å². The predicted molar refractivity (Wildman–Crippen MR) is 84.7 cm³/mol. The maximum absolute atomic E-state index is 14.5. The fraction of sp³-hybridized carbons (Fsp3) is 0.579. The summed E-state index contributed by atoms with van der Waals surface area (Å²) in [6, 6.07) is 2.92. The van der Waals surface area contributed by atoms with E-state index >= 15 is 0 Å². The SMILES string of the molecule is C=CC(CCC)CCCC1Cc2cc(C)cc(F)c2C1(F)F. The molecule has 0 amide bonds. The Balaban J connectivity index is 2.03. The van der Waals surface area contributed by atoms with Crippen molar-refractivity contribution in [1.82, 2.24) is 0 Å². The van der Waals surface area contributed by atoms with Crippen LogP contribution in [0.1, 0.15) is 55.7 Å². The fourth-order valence-corrected chi connectivity index (χ4v) is 3.61. The summed E-state index contributed by atoms with van der Waals surface area (Å²) in [4.78, 5) is 0. The highest BCUT2D eigenvalue weighted by Gasteiger charge is 2.49. The number of aryl methyl sites for hydroxylation is 1. The minimum atomic E-state index is -3.04. The molecule has 0 aromatic heterocycles. The van der Waals surface area contributed by atoms with Gasteiger partial charge in [-0.15, -0.1) is 6.58 Å². The van der Waals surface area contributed by atoms with E-state index in [4.69, 9.17) is 0 Å². The maximum atomic E-state index is 14.5. The number of rotatable bonds is 7. The molecule has 0 fully saturated rings. The lowest BCUT2D eigenvalue weighted by Crippen LogP contribution is -2.22. The van der Waals surface area contributed by atoms with E-state index in [9.17, 15) is 13.2 Å². The Bertz CT molecular complexity index is 534. The summed E-state index contributed by atoms with van der Waals surface area (Å²) in [5.74, 6) is -4.16. The molecule has 3 heteroatoms. The van der Waals surface area contributed by atoms with Gasteiger partial charge in [0.2, 0.25) is 0 Å². The van der Waals surface area contributed by atoms with E-state index in [0.29, 0.717) is 23.5 Å². The van der Waals surface area contributed by atoms with E-state index in [1.54, 1.807) is 13.0 Å². The van der Waals surface area contributed by atoms with Crippen LogP contribution < -0.4 is 0 Å². The number of alkyl halides is 2. The van der Waals surface area contributed by atoms with Crippen molar-refractivity contribution in [3.63, 3.8) is 0 Å². The average molecular weight is 310 g/mol. The molecule has 0 N–H and O–H groups in total. The first-order valence-electron chi connectivity index (χ1n) is 8.20. The maximum Gasteiger partial charge on any atom is 0.279 e. The van der Waals surface area contributed by atoms with Crippen LogP contribution in [-0.4, -0.2) is 0 Å². The summed E-state index contributed by atoms with van der Waals surface area (Å²) in [7, 11) is 0. The Morgan fingerprint density at radius 2 is 2.09 bits per heavy atom. The molecular weight excluding hydrogens is 285 g/mol. The van der Waals surface area contributed by atoms with Gasteiger partial charge in [0.25, 0.3) is 5.92 Å². The quantitative estimate of drug-likeness (QED) is 0.528. The lowest BCUT2D eigenvalue weighted by Gasteiger charge is -2.21. The van der Waals surface area contributed by atoms with Crippen molar-refractivity contribution < 1.29 is 13.2 Å². The molecule has 22 heavy (non-hydrogen) atoms. The summed E-state index contributed by atoms with van der Waals surface area (Å²) in [6.07, 6.45) is 6.41. The molecule has 0 saturated carbocycles. The second kappa shape index (κ2) is 6.89. The van der Waals surface area contributed by atoms with Crippen molar-refractivity contribution in [3.05, 3.63) is 47.3 Å². The monoisotopic (exact) mass is 310 g/mol. The van der Waals surface area contributed by atoms with Crippen LogP contribution in [0.15, 0.2) is 24.8 Å². The van der Waals surface area contributed by atoms with Crippen LogP contribution in [0, 0.1) is 24.6 Å². The molecule has 2 rings (SSSR count). The molecular formula is C19H25F3. The molecule has 0 aliphatic heterocycles. The molecule has 1 aromatic rings. The Hall–Kier alpha value is -1.25. The fourth-order valence-electron chi connectivity index (χ4n) is 3.61. The molecule has 1 aliphatic carbocycles. The number of hydrogen-bond acceptors (Lipinski definition) is 0. The molecule has 0 nitrogen and oxygen atoms in total. The normalized spacial score (nSPS) is 20.7. The Morgan fingerprint density at radius 1 is 1.36 bits per heavy atom. The minimum absolute atomic E-state index is 0.285. The van der Waals surface area contributed by atoms with E-state index in [0.717, 1.165) is 25.7 Å². The van der Waals surface area contributed by atoms with Crippen LogP contribution in [0.3, 0.4) is 0 Å². The Labute approximate surface area is 131 Å². The summed E-state index contributed by atoms with van der Waals surface area (Å²) >= 11 is 0. The predicted octanol–water partition coefficient (Wildman–Crippen LogP) is 6.17. The van der Waals surface area contributed by atoms with Gasteiger partial charge in [0.15, 0.2) is 0 Å². The van der Waals surface area contributed by atoms with Gasteiger partial charge in [-0.2, -0.15) is 0 Å². The average Bonchev–Trinajstić information content (AvgIpc) is 2.68. The highest BCUT2D eigenvalue weighted by Crippen LogP contribution is 2.49. The number of hydrogen-bond donors (Lipinski definition) is 0. The molecule has 0 saturated heterocycles. The summed E-state index contributed by atoms with van der Waals surface area (Å²) in [5, 5.41) is 0. The van der Waals surface area contributed by atoms with E-state index in [-0.39, 0.29) is 12.0 Å². The topological polar surface area (TPSA) is 0 Å². The molecule has 0 radical (unpaired) electrons.